The summed E-state index contributed by atoms with van der Waals surface area (Å²) in [6, 6.07) is 11.2. The number of aryl methyl sites for hydroxylation is 2. The topological polar surface area (TPSA) is 73.0 Å². The smallest absolute Gasteiger partial charge is 0.273 e. The summed E-state index contributed by atoms with van der Waals surface area (Å²) >= 11 is 5.95. The quantitative estimate of drug-likeness (QED) is 0.696. The first-order valence-electron chi connectivity index (χ1n) is 7.63. The summed E-state index contributed by atoms with van der Waals surface area (Å²) in [4.78, 5) is 12.1. The summed E-state index contributed by atoms with van der Waals surface area (Å²) < 4.78 is 7.00. The summed E-state index contributed by atoms with van der Waals surface area (Å²) in [6.07, 6.45) is 2.52. The molecule has 124 valence electrons. The minimum atomic E-state index is -0.254. The Kier molecular flexibility index (Phi) is 4.96. The van der Waals surface area contributed by atoms with Crippen LogP contribution >= 0.6 is 11.6 Å². The van der Waals surface area contributed by atoms with E-state index >= 15 is 0 Å². The Balaban J connectivity index is 1.49. The molecule has 1 N–H and O–H groups in total. The van der Waals surface area contributed by atoms with E-state index in [0.717, 1.165) is 17.7 Å². The Morgan fingerprint density at radius 1 is 1.33 bits per heavy atom. The highest BCUT2D eigenvalue weighted by atomic mass is 35.5. The number of rotatable bonds is 6. The van der Waals surface area contributed by atoms with Crippen LogP contribution in [-0.2, 0) is 6.54 Å². The second kappa shape index (κ2) is 7.31. The molecule has 0 atom stereocenters. The zero-order valence-corrected chi connectivity index (χ0v) is 14.0. The zero-order chi connectivity index (χ0) is 16.9. The van der Waals surface area contributed by atoms with Gasteiger partial charge in [-0.1, -0.05) is 47.1 Å². The molecule has 24 heavy (non-hydrogen) atoms. The van der Waals surface area contributed by atoms with E-state index in [1.165, 1.54) is 0 Å². The number of amides is 1. The number of nitrogens with zero attached hydrogens (tertiary/aromatic N) is 3. The molecule has 0 saturated carbocycles. The Labute approximate surface area is 144 Å². The Morgan fingerprint density at radius 2 is 2.12 bits per heavy atom. The first kappa shape index (κ1) is 16.3. The summed E-state index contributed by atoms with van der Waals surface area (Å²) in [7, 11) is 0. The second-order valence-electron chi connectivity index (χ2n) is 5.38. The molecule has 0 aliphatic rings. The first-order valence-corrected chi connectivity index (χ1v) is 8.01. The number of benzene rings is 1. The van der Waals surface area contributed by atoms with Crippen LogP contribution in [0.2, 0.25) is 5.02 Å². The van der Waals surface area contributed by atoms with Crippen LogP contribution < -0.4 is 5.32 Å². The van der Waals surface area contributed by atoms with Crippen molar-refractivity contribution in [2.45, 2.75) is 19.9 Å². The third-order valence-electron chi connectivity index (χ3n) is 3.54. The van der Waals surface area contributed by atoms with Gasteiger partial charge in [-0.3, -0.25) is 9.48 Å². The van der Waals surface area contributed by atoms with E-state index in [2.05, 4.69) is 15.6 Å². The van der Waals surface area contributed by atoms with Gasteiger partial charge in [0.05, 0.1) is 10.7 Å². The molecule has 7 heteroatoms. The van der Waals surface area contributed by atoms with E-state index in [4.69, 9.17) is 16.1 Å². The average molecular weight is 345 g/mol. The van der Waals surface area contributed by atoms with E-state index in [1.54, 1.807) is 16.9 Å². The molecule has 1 aromatic carbocycles. The van der Waals surface area contributed by atoms with Gasteiger partial charge < -0.3 is 9.84 Å². The van der Waals surface area contributed by atoms with Crippen molar-refractivity contribution in [3.8, 4) is 11.3 Å². The maximum atomic E-state index is 12.1. The molecule has 1 amide bonds. The van der Waals surface area contributed by atoms with Gasteiger partial charge in [0.1, 0.15) is 0 Å². The number of hydrogen-bond acceptors (Lipinski definition) is 4. The molecule has 0 aliphatic heterocycles. The lowest BCUT2D eigenvalue weighted by Crippen LogP contribution is -2.25. The molecule has 2 aromatic heterocycles. The molecule has 2 heterocycles. The van der Waals surface area contributed by atoms with Gasteiger partial charge in [-0.15, -0.1) is 0 Å². The maximum absolute atomic E-state index is 12.1. The number of halogens is 1. The highest BCUT2D eigenvalue weighted by Gasteiger charge is 2.13. The summed E-state index contributed by atoms with van der Waals surface area (Å²) in [6.45, 7) is 3.06. The first-order chi connectivity index (χ1) is 11.6. The fourth-order valence-corrected chi connectivity index (χ4v) is 2.41. The Hall–Kier alpha value is -2.60. The van der Waals surface area contributed by atoms with Crippen molar-refractivity contribution in [1.29, 1.82) is 0 Å². The van der Waals surface area contributed by atoms with Gasteiger partial charge in [-0.25, -0.2) is 0 Å². The third-order valence-corrected chi connectivity index (χ3v) is 3.91. The lowest BCUT2D eigenvalue weighted by molar-refractivity contribution is 0.0943. The highest BCUT2D eigenvalue weighted by Crippen LogP contribution is 2.19. The average Bonchev–Trinajstić information content (AvgIpc) is 3.20. The normalized spacial score (nSPS) is 10.8. The van der Waals surface area contributed by atoms with Crippen molar-refractivity contribution in [2.75, 3.05) is 6.54 Å². The predicted octanol–water partition coefficient (Wildman–Crippen LogP) is 3.32. The molecule has 0 spiro atoms. The third kappa shape index (κ3) is 3.83. The molecule has 0 saturated heterocycles. The number of hydrogen-bond donors (Lipinski definition) is 1. The zero-order valence-electron chi connectivity index (χ0n) is 13.2. The number of carbonyl (C=O) groups is 1. The molecule has 3 aromatic rings. The Bertz CT molecular complexity index is 807. The molecule has 0 bridgehead atoms. The Morgan fingerprint density at radius 3 is 2.83 bits per heavy atom. The molecule has 6 nitrogen and oxygen atoms in total. The molecular weight excluding hydrogens is 328 g/mol. The fraction of sp³-hybridized carbons (Fsp3) is 0.235. The molecule has 0 radical (unpaired) electrons. The van der Waals surface area contributed by atoms with Crippen LogP contribution in [0.1, 0.15) is 22.6 Å². The monoisotopic (exact) mass is 344 g/mol. The lowest BCUT2D eigenvalue weighted by Gasteiger charge is -2.03. The van der Waals surface area contributed by atoms with Gasteiger partial charge in [0.15, 0.2) is 11.5 Å². The van der Waals surface area contributed by atoms with Crippen LogP contribution in [0.3, 0.4) is 0 Å². The summed E-state index contributed by atoms with van der Waals surface area (Å²) in [5.41, 5.74) is 1.96. The number of carbonyl (C=O) groups excluding carboxylic acids is 1. The van der Waals surface area contributed by atoms with Crippen LogP contribution in [0.15, 0.2) is 47.1 Å². The van der Waals surface area contributed by atoms with Crippen molar-refractivity contribution in [1.82, 2.24) is 20.3 Å². The van der Waals surface area contributed by atoms with Gasteiger partial charge in [-0.05, 0) is 13.3 Å². The van der Waals surface area contributed by atoms with Crippen molar-refractivity contribution >= 4 is 17.5 Å². The van der Waals surface area contributed by atoms with Crippen molar-refractivity contribution in [3.05, 3.63) is 59.0 Å². The highest BCUT2D eigenvalue weighted by molar-refractivity contribution is 6.31. The fourth-order valence-electron chi connectivity index (χ4n) is 2.26. The maximum Gasteiger partial charge on any atom is 0.273 e. The largest absolute Gasteiger partial charge is 0.355 e. The van der Waals surface area contributed by atoms with Gasteiger partial charge in [0, 0.05) is 30.9 Å². The van der Waals surface area contributed by atoms with Crippen LogP contribution in [0.4, 0.5) is 0 Å². The summed E-state index contributed by atoms with van der Waals surface area (Å²) in [5, 5.41) is 11.6. The minimum Gasteiger partial charge on any atom is -0.355 e. The molecule has 3 rings (SSSR count). The van der Waals surface area contributed by atoms with Crippen molar-refractivity contribution < 1.29 is 9.32 Å². The predicted molar refractivity (Wildman–Crippen MR) is 90.9 cm³/mol. The number of nitrogens with one attached hydrogen (secondary N) is 1. The minimum absolute atomic E-state index is 0.254. The van der Waals surface area contributed by atoms with Crippen LogP contribution in [0, 0.1) is 6.92 Å². The van der Waals surface area contributed by atoms with Gasteiger partial charge >= 0.3 is 0 Å². The van der Waals surface area contributed by atoms with Crippen LogP contribution in [0.5, 0.6) is 0 Å². The van der Waals surface area contributed by atoms with E-state index in [0.29, 0.717) is 23.9 Å². The number of aromatic nitrogens is 3. The van der Waals surface area contributed by atoms with Gasteiger partial charge in [0.25, 0.3) is 5.91 Å². The van der Waals surface area contributed by atoms with E-state index in [-0.39, 0.29) is 11.6 Å². The summed E-state index contributed by atoms with van der Waals surface area (Å²) in [5.74, 6) is 0.318. The van der Waals surface area contributed by atoms with Crippen molar-refractivity contribution in [3.63, 3.8) is 0 Å². The molecule has 0 unspecified atom stereocenters. The second-order valence-corrected chi connectivity index (χ2v) is 5.78. The van der Waals surface area contributed by atoms with Gasteiger partial charge in [0.2, 0.25) is 0 Å². The molecule has 0 fully saturated rings. The van der Waals surface area contributed by atoms with Crippen LogP contribution in [-0.4, -0.2) is 27.4 Å². The molecular formula is C17H17ClN4O2. The van der Waals surface area contributed by atoms with Crippen molar-refractivity contribution in [2.24, 2.45) is 0 Å². The van der Waals surface area contributed by atoms with E-state index < -0.39 is 0 Å². The van der Waals surface area contributed by atoms with E-state index in [1.807, 2.05) is 37.3 Å². The van der Waals surface area contributed by atoms with Crippen LogP contribution in [0.25, 0.3) is 11.3 Å². The standard InChI is InChI=1S/C17H17ClN4O2/c1-12-14(18)11-22(20-12)9-5-8-19-17(23)15-10-16(24-21-15)13-6-3-2-4-7-13/h2-4,6-7,10-11H,5,8-9H2,1H3,(H,19,23). The molecule has 0 aliphatic carbocycles. The lowest BCUT2D eigenvalue weighted by atomic mass is 10.1. The SMILES string of the molecule is Cc1nn(CCCNC(=O)c2cc(-c3ccccc3)on2)cc1Cl. The van der Waals surface area contributed by atoms with Gasteiger partial charge in [-0.2, -0.15) is 5.10 Å². The van der Waals surface area contributed by atoms with E-state index in [9.17, 15) is 4.79 Å².